The molecule has 0 radical (unpaired) electrons. The molecule has 20 heavy (non-hydrogen) atoms. The van der Waals surface area contributed by atoms with Crippen molar-refractivity contribution >= 4 is 29.1 Å². The van der Waals surface area contributed by atoms with Gasteiger partial charge in [0, 0.05) is 24.7 Å². The first-order valence-corrected chi connectivity index (χ1v) is 7.16. The van der Waals surface area contributed by atoms with Crippen molar-refractivity contribution in [3.05, 3.63) is 43.2 Å². The molecule has 0 atom stereocenters. The van der Waals surface area contributed by atoms with Crippen molar-refractivity contribution in [2.75, 3.05) is 11.9 Å². The van der Waals surface area contributed by atoms with E-state index < -0.39 is 11.2 Å². The highest BCUT2D eigenvalue weighted by Crippen LogP contribution is 2.16. The number of hydrogen-bond donors (Lipinski definition) is 2. The normalized spacial score (nSPS) is 11.1. The molecule has 0 spiro atoms. The average Bonchev–Trinajstić information content (AvgIpc) is 2.95. The topological polar surface area (TPSA) is 79.2 Å². The minimum absolute atomic E-state index is 0.217. The number of aromatic amines is 1. The molecule has 6 nitrogen and oxygen atoms in total. The predicted octanol–water partition coefficient (Wildman–Crippen LogP) is 1.71. The van der Waals surface area contributed by atoms with Gasteiger partial charge in [-0.3, -0.25) is 14.3 Å². The Balaban J connectivity index is 2.46. The minimum atomic E-state index is -0.455. The first-order valence-electron chi connectivity index (χ1n) is 6.28. The van der Waals surface area contributed by atoms with E-state index in [4.69, 9.17) is 0 Å². The van der Waals surface area contributed by atoms with Crippen LogP contribution in [0.2, 0.25) is 0 Å². The van der Waals surface area contributed by atoms with Crippen LogP contribution in [0.3, 0.4) is 0 Å². The summed E-state index contributed by atoms with van der Waals surface area (Å²) in [6.07, 6.45) is 2.50. The monoisotopic (exact) mass is 292 g/mol. The van der Waals surface area contributed by atoms with Gasteiger partial charge in [0.05, 0.1) is 0 Å². The van der Waals surface area contributed by atoms with Gasteiger partial charge in [-0.2, -0.15) is 0 Å². The molecule has 0 aliphatic heterocycles. The Morgan fingerprint density at radius 1 is 1.50 bits per heavy atom. The highest BCUT2D eigenvalue weighted by molar-refractivity contribution is 7.11. The lowest BCUT2D eigenvalue weighted by atomic mass is 10.4. The summed E-state index contributed by atoms with van der Waals surface area (Å²) in [5.74, 6) is 0.368. The van der Waals surface area contributed by atoms with Crippen LogP contribution in [-0.2, 0) is 7.05 Å². The van der Waals surface area contributed by atoms with Gasteiger partial charge in [-0.05, 0) is 17.9 Å². The summed E-state index contributed by atoms with van der Waals surface area (Å²) in [6.45, 7) is 2.66. The number of thiophene rings is 1. The van der Waals surface area contributed by atoms with Crippen LogP contribution in [0.5, 0.6) is 0 Å². The van der Waals surface area contributed by atoms with Gasteiger partial charge >= 0.3 is 5.69 Å². The van der Waals surface area contributed by atoms with Gasteiger partial charge in [-0.15, -0.1) is 11.3 Å². The van der Waals surface area contributed by atoms with Gasteiger partial charge in [-0.25, -0.2) is 9.79 Å². The van der Waals surface area contributed by atoms with Crippen LogP contribution in [0.1, 0.15) is 18.2 Å². The molecule has 7 heteroatoms. The molecular weight excluding hydrogens is 276 g/mol. The number of H-pyrrole nitrogens is 1. The summed E-state index contributed by atoms with van der Waals surface area (Å²) in [5, 5.41) is 4.96. The van der Waals surface area contributed by atoms with E-state index >= 15 is 0 Å². The molecule has 106 valence electrons. The van der Waals surface area contributed by atoms with Gasteiger partial charge in [-0.1, -0.05) is 13.0 Å². The van der Waals surface area contributed by atoms with Crippen molar-refractivity contribution in [1.82, 2.24) is 9.55 Å². The van der Waals surface area contributed by atoms with Crippen LogP contribution in [-0.4, -0.2) is 22.3 Å². The Morgan fingerprint density at radius 3 is 2.95 bits per heavy atom. The minimum Gasteiger partial charge on any atom is -0.370 e. The Morgan fingerprint density at radius 2 is 2.30 bits per heavy atom. The maximum absolute atomic E-state index is 12.1. The zero-order valence-electron chi connectivity index (χ0n) is 11.3. The fourth-order valence-corrected chi connectivity index (χ4v) is 2.18. The molecule has 0 bridgehead atoms. The molecule has 2 aromatic heterocycles. The maximum Gasteiger partial charge on any atom is 0.329 e. The van der Waals surface area contributed by atoms with Gasteiger partial charge in [0.15, 0.2) is 5.69 Å². The second-order valence-corrected chi connectivity index (χ2v) is 5.20. The molecule has 0 saturated carbocycles. The molecule has 0 aliphatic rings. The lowest BCUT2D eigenvalue weighted by molar-refractivity contribution is 0.776. The van der Waals surface area contributed by atoms with E-state index in [0.29, 0.717) is 12.4 Å². The molecule has 0 amide bonds. The Bertz CT molecular complexity index is 713. The molecule has 0 unspecified atom stereocenters. The van der Waals surface area contributed by atoms with E-state index in [1.165, 1.54) is 18.4 Å². The van der Waals surface area contributed by atoms with Gasteiger partial charge < -0.3 is 5.32 Å². The number of nitrogens with one attached hydrogen (secondary N) is 2. The summed E-state index contributed by atoms with van der Waals surface area (Å²) in [6, 6.07) is 3.82. The molecule has 2 heterocycles. The Hall–Kier alpha value is -2.15. The first kappa shape index (κ1) is 14.3. The molecule has 0 saturated heterocycles. The largest absolute Gasteiger partial charge is 0.370 e. The number of hydrogen-bond acceptors (Lipinski definition) is 5. The quantitative estimate of drug-likeness (QED) is 0.823. The van der Waals surface area contributed by atoms with E-state index in [2.05, 4.69) is 15.3 Å². The fourth-order valence-electron chi connectivity index (χ4n) is 1.60. The summed E-state index contributed by atoms with van der Waals surface area (Å²) in [5.41, 5.74) is -0.655. The van der Waals surface area contributed by atoms with Crippen LogP contribution in [0.15, 0.2) is 32.1 Å². The second kappa shape index (κ2) is 6.33. The zero-order valence-corrected chi connectivity index (χ0v) is 12.2. The van der Waals surface area contributed by atoms with Crippen LogP contribution in [0, 0.1) is 0 Å². The number of aliphatic imine (C=N–C) groups is 1. The molecule has 2 aromatic rings. The predicted molar refractivity (Wildman–Crippen MR) is 82.7 cm³/mol. The lowest BCUT2D eigenvalue weighted by Gasteiger charge is -2.08. The SMILES string of the molecule is CCCNc1[nH]c(=O)n(C)c(=O)c1N=Cc1cccs1. The third-order valence-corrected chi connectivity index (χ3v) is 3.50. The Kier molecular flexibility index (Phi) is 4.52. The third kappa shape index (κ3) is 3.05. The zero-order chi connectivity index (χ0) is 14.5. The van der Waals surface area contributed by atoms with Crippen LogP contribution in [0.25, 0.3) is 0 Å². The Labute approximate surface area is 119 Å². The van der Waals surface area contributed by atoms with Gasteiger partial charge in [0.25, 0.3) is 5.56 Å². The second-order valence-electron chi connectivity index (χ2n) is 4.22. The van der Waals surface area contributed by atoms with Crippen molar-refractivity contribution in [1.29, 1.82) is 0 Å². The first-order chi connectivity index (χ1) is 9.63. The summed E-state index contributed by atoms with van der Waals surface area (Å²) >= 11 is 1.53. The molecule has 0 aliphatic carbocycles. The van der Waals surface area contributed by atoms with E-state index in [9.17, 15) is 9.59 Å². The maximum atomic E-state index is 12.1. The highest BCUT2D eigenvalue weighted by Gasteiger charge is 2.10. The lowest BCUT2D eigenvalue weighted by Crippen LogP contribution is -2.33. The third-order valence-electron chi connectivity index (χ3n) is 2.70. The van der Waals surface area contributed by atoms with Crippen molar-refractivity contribution in [3.63, 3.8) is 0 Å². The van der Waals surface area contributed by atoms with Crippen LogP contribution in [0.4, 0.5) is 11.5 Å². The van der Waals surface area contributed by atoms with Gasteiger partial charge in [0.1, 0.15) is 5.82 Å². The number of anilines is 1. The number of nitrogens with zero attached hydrogens (tertiary/aromatic N) is 2. The molecule has 0 fully saturated rings. The van der Waals surface area contributed by atoms with Crippen LogP contribution >= 0.6 is 11.3 Å². The van der Waals surface area contributed by atoms with E-state index in [0.717, 1.165) is 15.9 Å². The van der Waals surface area contributed by atoms with Crippen molar-refractivity contribution < 1.29 is 0 Å². The summed E-state index contributed by atoms with van der Waals surface area (Å²) in [7, 11) is 1.43. The van der Waals surface area contributed by atoms with Crippen molar-refractivity contribution in [2.45, 2.75) is 13.3 Å². The fraction of sp³-hybridized carbons (Fsp3) is 0.308. The molecule has 0 aromatic carbocycles. The number of rotatable bonds is 5. The van der Waals surface area contributed by atoms with Crippen LogP contribution < -0.4 is 16.6 Å². The number of aromatic nitrogens is 2. The van der Waals surface area contributed by atoms with Gasteiger partial charge in [0.2, 0.25) is 0 Å². The molecular formula is C13H16N4O2S. The molecule has 2 rings (SSSR count). The van der Waals surface area contributed by atoms with E-state index in [1.54, 1.807) is 6.21 Å². The van der Waals surface area contributed by atoms with Crippen molar-refractivity contribution in [3.8, 4) is 0 Å². The summed E-state index contributed by atoms with van der Waals surface area (Å²) in [4.78, 5) is 31.6. The molecule has 2 N–H and O–H groups in total. The standard InChI is InChI=1S/C13H16N4O2S/c1-3-6-14-11-10(12(18)17(2)13(19)16-11)15-8-9-5-4-7-20-9/h4-5,7-8,14H,3,6H2,1-2H3,(H,16,19). The van der Waals surface area contributed by atoms with Crippen molar-refractivity contribution in [2.24, 2.45) is 12.0 Å². The average molecular weight is 292 g/mol. The summed E-state index contributed by atoms with van der Waals surface area (Å²) < 4.78 is 1.01. The van der Waals surface area contributed by atoms with E-state index in [-0.39, 0.29) is 5.69 Å². The van der Waals surface area contributed by atoms with E-state index in [1.807, 2.05) is 24.4 Å². The smallest absolute Gasteiger partial charge is 0.329 e. The highest BCUT2D eigenvalue weighted by atomic mass is 32.1.